The molecule has 0 rings (SSSR count). The molecule has 2 N–H and O–H groups in total. The normalized spacial score (nSPS) is 13.8. The smallest absolute Gasteiger partial charge is 0.264 e. The summed E-state index contributed by atoms with van der Waals surface area (Å²) in [5.41, 5.74) is 0. The Morgan fingerprint density at radius 2 is 0.591 bits per heavy atom. The van der Waals surface area contributed by atoms with Crippen molar-refractivity contribution in [2.45, 2.75) is 194 Å². The molecular weight excluding hydrogens is 601 g/mol. The summed E-state index contributed by atoms with van der Waals surface area (Å²) >= 11 is 0. The Balaban J connectivity index is 4.06. The van der Waals surface area contributed by atoms with Gasteiger partial charge in [-0.2, -0.15) is 16.8 Å². The van der Waals surface area contributed by atoms with Crippen molar-refractivity contribution in [2.24, 2.45) is 11.8 Å². The second kappa shape index (κ2) is 30.1. The molecular formula is C34H70O8S2. The van der Waals surface area contributed by atoms with Crippen LogP contribution in [0.5, 0.6) is 0 Å². The van der Waals surface area contributed by atoms with Crippen LogP contribution in [0.15, 0.2) is 0 Å². The molecule has 0 spiro atoms. The monoisotopic (exact) mass is 670 g/mol. The summed E-state index contributed by atoms with van der Waals surface area (Å²) in [5.74, 6) is 0.334. The van der Waals surface area contributed by atoms with Crippen LogP contribution < -0.4 is 0 Å². The van der Waals surface area contributed by atoms with Gasteiger partial charge in [-0.15, -0.1) is 0 Å². The summed E-state index contributed by atoms with van der Waals surface area (Å²) in [4.78, 5) is 0. The third kappa shape index (κ3) is 34.6. The Labute approximate surface area is 273 Å². The van der Waals surface area contributed by atoms with Gasteiger partial charge >= 0.3 is 20.8 Å². The van der Waals surface area contributed by atoms with Gasteiger partial charge in [-0.3, -0.25) is 9.11 Å². The van der Waals surface area contributed by atoms with Gasteiger partial charge in [-0.05, 0) is 37.5 Å². The molecule has 0 aliphatic heterocycles. The fourth-order valence-electron chi connectivity index (χ4n) is 6.05. The fourth-order valence-corrected chi connectivity index (χ4v) is 6.78. The lowest BCUT2D eigenvalue weighted by Gasteiger charge is -2.16. The Hall–Kier alpha value is -0.260. The summed E-state index contributed by atoms with van der Waals surface area (Å²) in [6.07, 6.45) is 32.6. The Bertz CT molecular complexity index is 749. The van der Waals surface area contributed by atoms with Crippen LogP contribution in [-0.4, -0.2) is 39.2 Å². The van der Waals surface area contributed by atoms with Crippen molar-refractivity contribution in [3.63, 3.8) is 0 Å². The first kappa shape index (κ1) is 43.7. The van der Waals surface area contributed by atoms with Crippen LogP contribution in [0.4, 0.5) is 0 Å². The third-order valence-corrected chi connectivity index (χ3v) is 9.68. The zero-order valence-electron chi connectivity index (χ0n) is 28.5. The van der Waals surface area contributed by atoms with Crippen molar-refractivity contribution in [3.05, 3.63) is 0 Å². The topological polar surface area (TPSA) is 127 Å². The molecule has 0 amide bonds. The van der Waals surface area contributed by atoms with E-state index in [9.17, 15) is 16.8 Å². The molecule has 0 radical (unpaired) electrons. The van der Waals surface area contributed by atoms with Gasteiger partial charge in [0.15, 0.2) is 0 Å². The van der Waals surface area contributed by atoms with E-state index >= 15 is 0 Å². The maximum atomic E-state index is 11.1. The summed E-state index contributed by atoms with van der Waals surface area (Å²) in [6, 6.07) is 0. The van der Waals surface area contributed by atoms with Crippen LogP contribution in [0.1, 0.15) is 194 Å². The maximum Gasteiger partial charge on any atom is 0.397 e. The lowest BCUT2D eigenvalue weighted by atomic mass is 9.94. The molecule has 10 heteroatoms. The molecule has 2 unspecified atom stereocenters. The predicted molar refractivity (Wildman–Crippen MR) is 183 cm³/mol. The molecule has 8 nitrogen and oxygen atoms in total. The molecule has 0 fully saturated rings. The van der Waals surface area contributed by atoms with Crippen molar-refractivity contribution in [3.8, 4) is 0 Å². The van der Waals surface area contributed by atoms with Gasteiger partial charge in [-0.25, -0.2) is 8.37 Å². The standard InChI is InChI=1S/C34H70O8S2/c1-3-5-7-9-11-15-19-23-27-33(31-41-43(35,36)37)29-25-21-17-13-14-18-22-26-30-34(32-42-44(38,39)40)28-24-20-16-12-10-8-6-4-2/h33-34H,3-32H2,1-2H3,(H,35,36,37)(H,38,39,40). The van der Waals surface area contributed by atoms with Gasteiger partial charge < -0.3 is 0 Å². The summed E-state index contributed by atoms with van der Waals surface area (Å²) in [6.45, 7) is 4.60. The second-order valence-corrected chi connectivity index (χ2v) is 15.3. The Morgan fingerprint density at radius 3 is 0.795 bits per heavy atom. The second-order valence-electron chi connectivity index (χ2n) is 13.1. The fraction of sp³-hybridized carbons (Fsp3) is 1.00. The van der Waals surface area contributed by atoms with Crippen molar-refractivity contribution < 1.29 is 34.3 Å². The Morgan fingerprint density at radius 1 is 0.386 bits per heavy atom. The average molecular weight is 671 g/mol. The van der Waals surface area contributed by atoms with Crippen molar-refractivity contribution in [2.75, 3.05) is 13.2 Å². The average Bonchev–Trinajstić information content (AvgIpc) is 2.96. The van der Waals surface area contributed by atoms with Gasteiger partial charge in [0.2, 0.25) is 0 Å². The van der Waals surface area contributed by atoms with Crippen LogP contribution >= 0.6 is 0 Å². The van der Waals surface area contributed by atoms with Crippen molar-refractivity contribution in [1.82, 2.24) is 0 Å². The molecule has 0 saturated heterocycles. The minimum absolute atomic E-state index is 0.0741. The molecule has 0 bridgehead atoms. The summed E-state index contributed by atoms with van der Waals surface area (Å²) in [5, 5.41) is 0. The number of unbranched alkanes of at least 4 members (excludes halogenated alkanes) is 21. The molecule has 2 atom stereocenters. The molecule has 0 aromatic heterocycles. The predicted octanol–water partition coefficient (Wildman–Crippen LogP) is 10.8. The van der Waals surface area contributed by atoms with Crippen LogP contribution in [0.3, 0.4) is 0 Å². The van der Waals surface area contributed by atoms with Gasteiger partial charge in [0, 0.05) is 0 Å². The molecule has 0 heterocycles. The molecule has 0 aromatic rings. The van der Waals surface area contributed by atoms with Gasteiger partial charge in [0.1, 0.15) is 0 Å². The van der Waals surface area contributed by atoms with E-state index in [0.29, 0.717) is 0 Å². The largest absolute Gasteiger partial charge is 0.397 e. The summed E-state index contributed by atoms with van der Waals surface area (Å²) in [7, 11) is -8.78. The molecule has 0 aliphatic carbocycles. The molecule has 44 heavy (non-hydrogen) atoms. The van der Waals surface area contributed by atoms with Crippen LogP contribution in [0.2, 0.25) is 0 Å². The first-order valence-electron chi connectivity index (χ1n) is 18.3. The maximum absolute atomic E-state index is 11.1. The first-order chi connectivity index (χ1) is 21.1. The van der Waals surface area contributed by atoms with E-state index in [4.69, 9.17) is 17.5 Å². The van der Waals surface area contributed by atoms with E-state index in [2.05, 4.69) is 13.8 Å². The minimum Gasteiger partial charge on any atom is -0.264 e. The Kier molecular flexibility index (Phi) is 29.9. The van der Waals surface area contributed by atoms with E-state index < -0.39 is 20.8 Å². The lowest BCUT2D eigenvalue weighted by Crippen LogP contribution is -2.14. The molecule has 0 aliphatic rings. The van der Waals surface area contributed by atoms with E-state index in [1.165, 1.54) is 103 Å². The van der Waals surface area contributed by atoms with Crippen LogP contribution in [0.25, 0.3) is 0 Å². The highest BCUT2D eigenvalue weighted by molar-refractivity contribution is 7.81. The first-order valence-corrected chi connectivity index (χ1v) is 21.0. The number of hydrogen-bond acceptors (Lipinski definition) is 6. The third-order valence-electron chi connectivity index (χ3n) is 8.81. The highest BCUT2D eigenvalue weighted by Gasteiger charge is 2.15. The minimum atomic E-state index is -4.39. The lowest BCUT2D eigenvalue weighted by molar-refractivity contribution is 0.203. The van der Waals surface area contributed by atoms with Crippen LogP contribution in [-0.2, 0) is 29.2 Å². The quantitative estimate of drug-likeness (QED) is 0.0503. The van der Waals surface area contributed by atoms with E-state index in [1.54, 1.807) is 0 Å². The molecule has 266 valence electrons. The molecule has 0 aromatic carbocycles. The van der Waals surface area contributed by atoms with Gasteiger partial charge in [-0.1, -0.05) is 168 Å². The van der Waals surface area contributed by atoms with Crippen molar-refractivity contribution in [1.29, 1.82) is 0 Å². The van der Waals surface area contributed by atoms with E-state index in [1.807, 2.05) is 0 Å². The zero-order chi connectivity index (χ0) is 32.8. The van der Waals surface area contributed by atoms with Crippen LogP contribution in [0, 0.1) is 11.8 Å². The molecule has 0 saturated carbocycles. The van der Waals surface area contributed by atoms with Gasteiger partial charge in [0.05, 0.1) is 13.2 Å². The summed E-state index contributed by atoms with van der Waals surface area (Å²) < 4.78 is 71.7. The SMILES string of the molecule is CCCCCCCCCCC(CCCCCCCCCCC(CCCCCCCCCC)COS(=O)(=O)O)COS(=O)(=O)O. The zero-order valence-corrected chi connectivity index (χ0v) is 30.2. The van der Waals surface area contributed by atoms with E-state index in [-0.39, 0.29) is 25.0 Å². The highest BCUT2D eigenvalue weighted by atomic mass is 32.3. The number of rotatable bonds is 35. The number of hydrogen-bond donors (Lipinski definition) is 2. The van der Waals surface area contributed by atoms with E-state index in [0.717, 1.165) is 77.0 Å². The van der Waals surface area contributed by atoms with Gasteiger partial charge in [0.25, 0.3) is 0 Å². The highest BCUT2D eigenvalue weighted by Crippen LogP contribution is 2.22. The van der Waals surface area contributed by atoms with Crippen molar-refractivity contribution >= 4 is 20.8 Å².